The van der Waals surface area contributed by atoms with Crippen LogP contribution in [0.25, 0.3) is 0 Å². The second kappa shape index (κ2) is 9.11. The molecule has 2 rings (SSSR count). The average Bonchev–Trinajstić information content (AvgIpc) is 2.65. The fraction of sp³-hybridized carbons (Fsp3) is 0.571. The number of carbonyl (C=O) groups excluding carboxylic acids is 3. The van der Waals surface area contributed by atoms with Gasteiger partial charge in [-0.1, -0.05) is 20.8 Å². The number of nitrogens with one attached hydrogen (secondary N) is 1. The zero-order chi connectivity index (χ0) is 24.5. The molecule has 1 aliphatic heterocycles. The molecule has 2 amide bonds. The first-order valence-corrected chi connectivity index (χ1v) is 9.91. The summed E-state index contributed by atoms with van der Waals surface area (Å²) >= 11 is 0. The average molecular weight is 466 g/mol. The molecule has 32 heavy (non-hydrogen) atoms. The van der Waals surface area contributed by atoms with Gasteiger partial charge in [0.15, 0.2) is 0 Å². The van der Waals surface area contributed by atoms with Gasteiger partial charge >= 0.3 is 12.4 Å². The van der Waals surface area contributed by atoms with Crippen LogP contribution in [0.15, 0.2) is 18.2 Å². The van der Waals surface area contributed by atoms with Crippen LogP contribution in [0.2, 0.25) is 0 Å². The maximum atomic E-state index is 12.9. The van der Waals surface area contributed by atoms with E-state index in [-0.39, 0.29) is 31.5 Å². The third-order valence-electron chi connectivity index (χ3n) is 5.12. The molecule has 0 spiro atoms. The van der Waals surface area contributed by atoms with Gasteiger partial charge in [0.05, 0.1) is 11.1 Å². The predicted octanol–water partition coefficient (Wildman–Crippen LogP) is 4.91. The van der Waals surface area contributed by atoms with Crippen molar-refractivity contribution in [2.75, 3.05) is 18.4 Å². The van der Waals surface area contributed by atoms with E-state index in [0.29, 0.717) is 25.0 Å². The van der Waals surface area contributed by atoms with Gasteiger partial charge in [0.2, 0.25) is 11.7 Å². The lowest BCUT2D eigenvalue weighted by Gasteiger charge is -2.32. The lowest BCUT2D eigenvalue weighted by atomic mass is 9.88. The number of likely N-dealkylation sites (tertiary alicyclic amines) is 1. The zero-order valence-corrected chi connectivity index (χ0v) is 17.8. The number of alkyl halides is 6. The molecule has 11 heteroatoms. The van der Waals surface area contributed by atoms with E-state index in [4.69, 9.17) is 0 Å². The Labute approximate surface area is 181 Å². The second-order valence-corrected chi connectivity index (χ2v) is 8.86. The van der Waals surface area contributed by atoms with E-state index < -0.39 is 52.2 Å². The van der Waals surface area contributed by atoms with Crippen molar-refractivity contribution in [1.82, 2.24) is 4.90 Å². The Kier molecular flexibility index (Phi) is 7.31. The molecule has 1 aromatic rings. The fourth-order valence-corrected chi connectivity index (χ4v) is 3.31. The zero-order valence-electron chi connectivity index (χ0n) is 17.8. The van der Waals surface area contributed by atoms with Gasteiger partial charge in [-0.25, -0.2) is 0 Å². The van der Waals surface area contributed by atoms with E-state index in [1.54, 1.807) is 20.8 Å². The van der Waals surface area contributed by atoms with Crippen molar-refractivity contribution in [3.05, 3.63) is 29.3 Å². The van der Waals surface area contributed by atoms with Crippen molar-refractivity contribution < 1.29 is 40.7 Å². The molecule has 178 valence electrons. The highest BCUT2D eigenvalue weighted by Gasteiger charge is 2.37. The molecule has 0 saturated carbocycles. The maximum Gasteiger partial charge on any atom is 0.416 e. The topological polar surface area (TPSA) is 66.5 Å². The van der Waals surface area contributed by atoms with Crippen LogP contribution >= 0.6 is 0 Å². The third kappa shape index (κ3) is 6.70. The second-order valence-electron chi connectivity index (χ2n) is 8.86. The van der Waals surface area contributed by atoms with Gasteiger partial charge in [-0.15, -0.1) is 0 Å². The number of anilines is 1. The maximum absolute atomic E-state index is 12.9. The highest BCUT2D eigenvalue weighted by atomic mass is 19.4. The van der Waals surface area contributed by atoms with Crippen molar-refractivity contribution in [3.8, 4) is 0 Å². The number of halogens is 6. The predicted molar refractivity (Wildman–Crippen MR) is 103 cm³/mol. The smallest absolute Gasteiger partial charge is 0.336 e. The molecule has 1 saturated heterocycles. The van der Waals surface area contributed by atoms with Crippen molar-refractivity contribution in [2.24, 2.45) is 11.3 Å². The minimum atomic E-state index is -5.01. The summed E-state index contributed by atoms with van der Waals surface area (Å²) in [4.78, 5) is 38.0. The third-order valence-corrected chi connectivity index (χ3v) is 5.12. The largest absolute Gasteiger partial charge is 0.416 e. The van der Waals surface area contributed by atoms with Crippen molar-refractivity contribution in [2.45, 2.75) is 52.4 Å². The normalized spacial score (nSPS) is 16.1. The summed E-state index contributed by atoms with van der Waals surface area (Å²) in [6, 6.07) is 0.889. The molecular formula is C21H24F6N2O3. The molecule has 0 unspecified atom stereocenters. The number of hydrogen-bond donors (Lipinski definition) is 1. The molecule has 0 atom stereocenters. The molecule has 0 bridgehead atoms. The van der Waals surface area contributed by atoms with Gasteiger partial charge in [0, 0.05) is 30.6 Å². The fourth-order valence-electron chi connectivity index (χ4n) is 3.31. The van der Waals surface area contributed by atoms with Gasteiger partial charge in [-0.05, 0) is 37.0 Å². The first-order chi connectivity index (χ1) is 14.5. The number of rotatable bonds is 4. The summed E-state index contributed by atoms with van der Waals surface area (Å²) in [5.41, 5.74) is -4.45. The molecule has 1 aromatic carbocycles. The number of carbonyl (C=O) groups is 3. The van der Waals surface area contributed by atoms with E-state index in [2.05, 4.69) is 5.32 Å². The minimum absolute atomic E-state index is 0.0126. The van der Waals surface area contributed by atoms with Crippen LogP contribution in [0.3, 0.4) is 0 Å². The molecule has 0 aromatic heterocycles. The number of benzene rings is 1. The van der Waals surface area contributed by atoms with Crippen LogP contribution in [-0.2, 0) is 26.7 Å². The van der Waals surface area contributed by atoms with Crippen LogP contribution in [0.1, 0.15) is 51.2 Å². The van der Waals surface area contributed by atoms with Gasteiger partial charge in [-0.2, -0.15) is 26.3 Å². The molecule has 1 aliphatic rings. The lowest BCUT2D eigenvalue weighted by Crippen LogP contribution is -2.45. The van der Waals surface area contributed by atoms with Crippen molar-refractivity contribution in [3.63, 3.8) is 0 Å². The number of Topliss-reactive ketones (excluding diaryl/α,β-unsaturated/α-hetero) is 1. The summed E-state index contributed by atoms with van der Waals surface area (Å²) in [6.07, 6.45) is -9.39. The minimum Gasteiger partial charge on any atom is -0.336 e. The number of ketones is 1. The Morgan fingerprint density at radius 2 is 1.38 bits per heavy atom. The molecule has 1 heterocycles. The van der Waals surface area contributed by atoms with Gasteiger partial charge in [0.25, 0.3) is 5.91 Å². The van der Waals surface area contributed by atoms with Gasteiger partial charge in [0.1, 0.15) is 0 Å². The Bertz CT molecular complexity index is 847. The van der Waals surface area contributed by atoms with Crippen LogP contribution in [0.4, 0.5) is 32.0 Å². The Balaban J connectivity index is 2.01. The van der Waals surface area contributed by atoms with Crippen molar-refractivity contribution in [1.29, 1.82) is 0 Å². The number of piperidine rings is 1. The molecule has 5 nitrogen and oxygen atoms in total. The van der Waals surface area contributed by atoms with Gasteiger partial charge < -0.3 is 10.2 Å². The van der Waals surface area contributed by atoms with E-state index in [1.807, 2.05) is 0 Å². The molecule has 1 fully saturated rings. The standard InChI is InChI=1S/C21H24F6N2O3/c1-19(2,3)17(31)18(32)29-6-4-12(5-7-29)8-16(30)28-15-10-13(20(22,23)24)9-14(11-15)21(25,26)27/h9-12H,4-8H2,1-3H3,(H,28,30). The Morgan fingerprint density at radius 1 is 0.906 bits per heavy atom. The Morgan fingerprint density at radius 3 is 1.78 bits per heavy atom. The van der Waals surface area contributed by atoms with Crippen LogP contribution in [0, 0.1) is 11.3 Å². The first-order valence-electron chi connectivity index (χ1n) is 9.91. The van der Waals surface area contributed by atoms with E-state index in [0.717, 1.165) is 0 Å². The number of hydrogen-bond acceptors (Lipinski definition) is 3. The summed E-state index contributed by atoms with van der Waals surface area (Å²) < 4.78 is 77.7. The molecular weight excluding hydrogens is 442 g/mol. The SMILES string of the molecule is CC(C)(C)C(=O)C(=O)N1CCC(CC(=O)Nc2cc(C(F)(F)F)cc(C(F)(F)F)c2)CC1. The van der Waals surface area contributed by atoms with E-state index >= 15 is 0 Å². The Hall–Kier alpha value is -2.59. The molecule has 1 N–H and O–H groups in total. The summed E-state index contributed by atoms with van der Waals surface area (Å²) in [5.74, 6) is -2.09. The van der Waals surface area contributed by atoms with E-state index in [9.17, 15) is 40.7 Å². The van der Waals surface area contributed by atoms with Crippen LogP contribution < -0.4 is 5.32 Å². The number of nitrogens with zero attached hydrogens (tertiary/aromatic N) is 1. The summed E-state index contributed by atoms with van der Waals surface area (Å²) in [6.45, 7) is 5.35. The molecule has 0 aliphatic carbocycles. The first kappa shape index (κ1) is 25.7. The van der Waals surface area contributed by atoms with E-state index in [1.165, 1.54) is 4.90 Å². The highest BCUT2D eigenvalue weighted by Crippen LogP contribution is 2.37. The summed E-state index contributed by atoms with van der Waals surface area (Å²) in [5, 5.41) is 2.11. The number of amides is 2. The van der Waals surface area contributed by atoms with Crippen LogP contribution in [0.5, 0.6) is 0 Å². The monoisotopic (exact) mass is 466 g/mol. The quantitative estimate of drug-likeness (QED) is 0.507. The molecule has 0 radical (unpaired) electrons. The lowest BCUT2D eigenvalue weighted by molar-refractivity contribution is -0.149. The highest BCUT2D eigenvalue weighted by molar-refractivity contribution is 6.37. The summed E-state index contributed by atoms with van der Waals surface area (Å²) in [7, 11) is 0. The van der Waals surface area contributed by atoms with Gasteiger partial charge in [-0.3, -0.25) is 14.4 Å². The van der Waals surface area contributed by atoms with Crippen LogP contribution in [-0.4, -0.2) is 35.6 Å². The van der Waals surface area contributed by atoms with Crippen molar-refractivity contribution >= 4 is 23.3 Å².